The van der Waals surface area contributed by atoms with Crippen molar-refractivity contribution in [1.82, 2.24) is 10.1 Å². The van der Waals surface area contributed by atoms with Gasteiger partial charge in [0.2, 0.25) is 0 Å². The summed E-state index contributed by atoms with van der Waals surface area (Å²) < 4.78 is 10.2. The van der Waals surface area contributed by atoms with Gasteiger partial charge in [-0.2, -0.15) is 0 Å². The molecule has 0 bridgehead atoms. The van der Waals surface area contributed by atoms with Crippen LogP contribution in [0.1, 0.15) is 24.1 Å². The molecule has 2 aromatic heterocycles. The van der Waals surface area contributed by atoms with Crippen LogP contribution in [0.2, 0.25) is 0 Å². The summed E-state index contributed by atoms with van der Waals surface area (Å²) >= 11 is 0. The van der Waals surface area contributed by atoms with Gasteiger partial charge in [-0.15, -0.1) is 0 Å². The van der Waals surface area contributed by atoms with Crippen LogP contribution in [0, 0.1) is 0 Å². The minimum atomic E-state index is 0.758. The molecule has 4 nitrogen and oxygen atoms in total. The predicted octanol–water partition coefficient (Wildman–Crippen LogP) is 2.01. The van der Waals surface area contributed by atoms with Gasteiger partial charge in [0.15, 0.2) is 5.89 Å². The zero-order valence-electron chi connectivity index (χ0n) is 8.06. The van der Waals surface area contributed by atoms with Crippen molar-refractivity contribution in [2.24, 2.45) is 0 Å². The van der Waals surface area contributed by atoms with Gasteiger partial charge in [-0.1, -0.05) is 12.1 Å². The summed E-state index contributed by atoms with van der Waals surface area (Å²) in [6, 6.07) is 0. The summed E-state index contributed by atoms with van der Waals surface area (Å²) in [5, 5.41) is 3.77. The zero-order chi connectivity index (χ0) is 9.80. The molecule has 0 aliphatic rings. The third-order valence-corrected chi connectivity index (χ3v) is 2.14. The molecule has 74 valence electrons. The smallest absolute Gasteiger partial charge is 0.194 e. The van der Waals surface area contributed by atoms with E-state index in [-0.39, 0.29) is 0 Å². The number of aromatic nitrogens is 2. The Hall–Kier alpha value is -1.58. The van der Waals surface area contributed by atoms with Crippen LogP contribution in [0.3, 0.4) is 0 Å². The minimum absolute atomic E-state index is 0.758. The molecule has 0 fully saturated rings. The maximum absolute atomic E-state index is 5.14. The molecule has 2 heterocycles. The number of hydrogen-bond donors (Lipinski definition) is 0. The first-order valence-electron chi connectivity index (χ1n) is 4.71. The fourth-order valence-electron chi connectivity index (χ4n) is 1.40. The lowest BCUT2D eigenvalue weighted by atomic mass is 10.1. The molecule has 4 heteroatoms. The Morgan fingerprint density at radius 3 is 3.00 bits per heavy atom. The molecule has 0 saturated heterocycles. The monoisotopic (exact) mass is 192 g/mol. The van der Waals surface area contributed by atoms with Crippen LogP contribution >= 0.6 is 0 Å². The summed E-state index contributed by atoms with van der Waals surface area (Å²) in [7, 11) is 0. The molecule has 2 rings (SSSR count). The van der Waals surface area contributed by atoms with Crippen molar-refractivity contribution in [1.29, 1.82) is 0 Å². The Labute approximate surface area is 81.9 Å². The number of rotatable bonds is 4. The highest BCUT2D eigenvalue weighted by Crippen LogP contribution is 2.11. The van der Waals surface area contributed by atoms with Crippen molar-refractivity contribution >= 4 is 0 Å². The highest BCUT2D eigenvalue weighted by atomic mass is 16.5. The van der Waals surface area contributed by atoms with Crippen molar-refractivity contribution in [2.75, 3.05) is 0 Å². The maximum atomic E-state index is 5.14. The number of oxazole rings is 1. The van der Waals surface area contributed by atoms with Crippen LogP contribution < -0.4 is 0 Å². The van der Waals surface area contributed by atoms with E-state index in [2.05, 4.69) is 17.1 Å². The Bertz CT molecular complexity index is 378. The van der Waals surface area contributed by atoms with E-state index >= 15 is 0 Å². The summed E-state index contributed by atoms with van der Waals surface area (Å²) in [5.41, 5.74) is 1.14. The number of nitrogens with zero attached hydrogens (tertiary/aromatic N) is 2. The fraction of sp³-hybridized carbons (Fsp3) is 0.400. The number of aryl methyl sites for hydroxylation is 3. The van der Waals surface area contributed by atoms with E-state index in [1.165, 1.54) is 0 Å². The topological polar surface area (TPSA) is 52.1 Å². The highest BCUT2D eigenvalue weighted by molar-refractivity contribution is 5.14. The molecule has 0 spiro atoms. The summed E-state index contributed by atoms with van der Waals surface area (Å²) in [6.45, 7) is 2.05. The van der Waals surface area contributed by atoms with Gasteiger partial charge in [0, 0.05) is 18.4 Å². The molecule has 0 N–H and O–H groups in total. The average molecular weight is 192 g/mol. The summed E-state index contributed by atoms with van der Waals surface area (Å²) in [5.74, 6) is 1.71. The second kappa shape index (κ2) is 4.09. The van der Waals surface area contributed by atoms with Gasteiger partial charge in [-0.3, -0.25) is 0 Å². The van der Waals surface area contributed by atoms with Crippen LogP contribution in [0.5, 0.6) is 0 Å². The normalized spacial score (nSPS) is 10.6. The average Bonchev–Trinajstić information content (AvgIpc) is 2.85. The van der Waals surface area contributed by atoms with Gasteiger partial charge < -0.3 is 8.94 Å². The molecule has 0 atom stereocenters. The molecule has 0 aliphatic carbocycles. The van der Waals surface area contributed by atoms with Crippen molar-refractivity contribution in [2.45, 2.75) is 26.2 Å². The highest BCUT2D eigenvalue weighted by Gasteiger charge is 2.07. The lowest BCUT2D eigenvalue weighted by molar-refractivity contribution is 0.385. The van der Waals surface area contributed by atoms with Crippen molar-refractivity contribution in [3.63, 3.8) is 0 Å². The van der Waals surface area contributed by atoms with Crippen LogP contribution in [0.15, 0.2) is 27.6 Å². The Balaban J connectivity index is 1.98. The molecule has 0 saturated carbocycles. The molecule has 0 amide bonds. The molecule has 0 aromatic carbocycles. The van der Waals surface area contributed by atoms with Crippen molar-refractivity contribution in [3.05, 3.63) is 35.9 Å². The van der Waals surface area contributed by atoms with Crippen LogP contribution in [-0.4, -0.2) is 10.1 Å². The van der Waals surface area contributed by atoms with Crippen LogP contribution in [-0.2, 0) is 19.3 Å². The SMILES string of the molecule is CCc1oncc1CCc1ncco1. The van der Waals surface area contributed by atoms with Gasteiger partial charge in [-0.05, 0) is 6.42 Å². The molecule has 0 aliphatic heterocycles. The number of hydrogen-bond acceptors (Lipinski definition) is 4. The summed E-state index contributed by atoms with van der Waals surface area (Å²) in [6.07, 6.45) is 7.55. The van der Waals surface area contributed by atoms with Gasteiger partial charge in [0.05, 0.1) is 12.4 Å². The van der Waals surface area contributed by atoms with Gasteiger partial charge in [0.1, 0.15) is 12.0 Å². The third kappa shape index (κ3) is 1.84. The zero-order valence-corrected chi connectivity index (χ0v) is 8.06. The molecule has 0 unspecified atom stereocenters. The van der Waals surface area contributed by atoms with Crippen molar-refractivity contribution < 1.29 is 8.94 Å². The lowest BCUT2D eigenvalue weighted by Gasteiger charge is -1.95. The van der Waals surface area contributed by atoms with E-state index in [0.29, 0.717) is 0 Å². The Morgan fingerprint density at radius 2 is 2.29 bits per heavy atom. The van der Waals surface area contributed by atoms with E-state index in [1.54, 1.807) is 18.7 Å². The predicted molar refractivity (Wildman–Crippen MR) is 49.8 cm³/mol. The Morgan fingerprint density at radius 1 is 1.36 bits per heavy atom. The van der Waals surface area contributed by atoms with E-state index in [0.717, 1.165) is 36.5 Å². The molecular weight excluding hydrogens is 180 g/mol. The van der Waals surface area contributed by atoms with Gasteiger partial charge in [0.25, 0.3) is 0 Å². The van der Waals surface area contributed by atoms with Crippen LogP contribution in [0.4, 0.5) is 0 Å². The van der Waals surface area contributed by atoms with E-state index < -0.39 is 0 Å². The Kier molecular flexibility index (Phi) is 2.62. The van der Waals surface area contributed by atoms with E-state index in [1.807, 2.05) is 0 Å². The maximum Gasteiger partial charge on any atom is 0.194 e. The standard InChI is InChI=1S/C10H12N2O2/c1-2-9-8(7-12-14-9)3-4-10-11-5-6-13-10/h5-7H,2-4H2,1H3. The van der Waals surface area contributed by atoms with E-state index in [4.69, 9.17) is 8.94 Å². The first kappa shape index (κ1) is 8.99. The van der Waals surface area contributed by atoms with Gasteiger partial charge in [-0.25, -0.2) is 4.98 Å². The summed E-state index contributed by atoms with van der Waals surface area (Å²) in [4.78, 5) is 4.05. The molecule has 2 aromatic rings. The third-order valence-electron chi connectivity index (χ3n) is 2.14. The molecule has 14 heavy (non-hydrogen) atoms. The van der Waals surface area contributed by atoms with Crippen molar-refractivity contribution in [3.8, 4) is 0 Å². The molecular formula is C10H12N2O2. The minimum Gasteiger partial charge on any atom is -0.449 e. The largest absolute Gasteiger partial charge is 0.449 e. The fourth-order valence-corrected chi connectivity index (χ4v) is 1.40. The first-order chi connectivity index (χ1) is 6.90. The quantitative estimate of drug-likeness (QED) is 0.743. The van der Waals surface area contributed by atoms with Gasteiger partial charge >= 0.3 is 0 Å². The lowest BCUT2D eigenvalue weighted by Crippen LogP contribution is -1.92. The second-order valence-electron chi connectivity index (χ2n) is 3.05. The van der Waals surface area contributed by atoms with Crippen LogP contribution in [0.25, 0.3) is 0 Å². The first-order valence-corrected chi connectivity index (χ1v) is 4.71. The second-order valence-corrected chi connectivity index (χ2v) is 3.05. The van der Waals surface area contributed by atoms with E-state index in [9.17, 15) is 0 Å². The molecule has 0 radical (unpaired) electrons.